The predicted molar refractivity (Wildman–Crippen MR) is 80.6 cm³/mol. The fourth-order valence-corrected chi connectivity index (χ4v) is 3.43. The first-order chi connectivity index (χ1) is 8.95. The van der Waals surface area contributed by atoms with Gasteiger partial charge < -0.3 is 15.0 Å². The van der Waals surface area contributed by atoms with E-state index in [-0.39, 0.29) is 5.91 Å². The molecule has 1 aromatic rings. The Morgan fingerprint density at radius 2 is 2.16 bits per heavy atom. The van der Waals surface area contributed by atoms with E-state index in [2.05, 4.69) is 34.3 Å². The van der Waals surface area contributed by atoms with E-state index < -0.39 is 0 Å². The Labute approximate surface area is 123 Å². The van der Waals surface area contributed by atoms with E-state index in [0.29, 0.717) is 18.1 Å². The molecule has 2 N–H and O–H groups in total. The van der Waals surface area contributed by atoms with Gasteiger partial charge in [0.1, 0.15) is 0 Å². The zero-order valence-corrected chi connectivity index (χ0v) is 13.7. The number of rotatable bonds is 7. The second-order valence-corrected chi connectivity index (χ2v) is 5.62. The number of aromatic nitrogens is 1. The summed E-state index contributed by atoms with van der Waals surface area (Å²) in [6, 6.07) is 0. The van der Waals surface area contributed by atoms with Crippen molar-refractivity contribution in [3.8, 4) is 0 Å². The van der Waals surface area contributed by atoms with Gasteiger partial charge in [0.15, 0.2) is 0 Å². The summed E-state index contributed by atoms with van der Waals surface area (Å²) in [5.74, 6) is 0.00291. The molecule has 0 aromatic carbocycles. The lowest BCUT2D eigenvalue weighted by Gasteiger charge is -2.16. The van der Waals surface area contributed by atoms with Gasteiger partial charge in [-0.2, -0.15) is 0 Å². The quantitative estimate of drug-likeness (QED) is 0.780. The molecule has 1 heterocycles. The van der Waals surface area contributed by atoms with Gasteiger partial charge in [-0.15, -0.1) is 0 Å². The second-order valence-electron chi connectivity index (χ2n) is 4.83. The van der Waals surface area contributed by atoms with E-state index in [1.807, 2.05) is 6.92 Å². The van der Waals surface area contributed by atoms with Gasteiger partial charge in [-0.1, -0.05) is 13.8 Å². The van der Waals surface area contributed by atoms with E-state index in [0.717, 1.165) is 35.2 Å². The molecule has 0 radical (unpaired) electrons. The van der Waals surface area contributed by atoms with Crippen LogP contribution in [0.25, 0.3) is 0 Å². The molecule has 1 aromatic heterocycles. The number of hydrogen-bond acceptors (Lipinski definition) is 2. The molecule has 1 unspecified atom stereocenters. The van der Waals surface area contributed by atoms with E-state index >= 15 is 0 Å². The molecular formula is C14H23BrN2O2. The number of carbonyl (C=O) groups excluding carboxylic acids is 1. The molecule has 0 saturated carbocycles. The lowest BCUT2D eigenvalue weighted by atomic mass is 10.0. The zero-order valence-electron chi connectivity index (χ0n) is 12.1. The molecule has 1 rings (SSSR count). The highest BCUT2D eigenvalue weighted by molar-refractivity contribution is 9.10. The third-order valence-electron chi connectivity index (χ3n) is 3.56. The minimum Gasteiger partial charge on any atom is -0.385 e. The molecule has 108 valence electrons. The number of nitrogens with two attached hydrogens (primary N) is 1. The highest BCUT2D eigenvalue weighted by Crippen LogP contribution is 2.34. The SMILES string of the molecule is CCC(C)c1c(Br)c(C(N)=O)c(C)n1CCCOC. The van der Waals surface area contributed by atoms with Crippen LogP contribution in [0.1, 0.15) is 54.4 Å². The van der Waals surface area contributed by atoms with Crippen LogP contribution in [-0.2, 0) is 11.3 Å². The summed E-state index contributed by atoms with van der Waals surface area (Å²) < 4.78 is 8.14. The molecular weight excluding hydrogens is 308 g/mol. The lowest BCUT2D eigenvalue weighted by molar-refractivity contribution is 0.0999. The van der Waals surface area contributed by atoms with Gasteiger partial charge in [0.2, 0.25) is 0 Å². The van der Waals surface area contributed by atoms with Crippen LogP contribution in [0, 0.1) is 6.92 Å². The highest BCUT2D eigenvalue weighted by Gasteiger charge is 2.24. The van der Waals surface area contributed by atoms with Crippen LogP contribution in [0.2, 0.25) is 0 Å². The summed E-state index contributed by atoms with van der Waals surface area (Å²) in [6.07, 6.45) is 1.94. The average molecular weight is 331 g/mol. The van der Waals surface area contributed by atoms with Crippen molar-refractivity contribution in [1.29, 1.82) is 0 Å². The van der Waals surface area contributed by atoms with Crippen molar-refractivity contribution < 1.29 is 9.53 Å². The first kappa shape index (κ1) is 16.2. The largest absolute Gasteiger partial charge is 0.385 e. The molecule has 5 heteroatoms. The van der Waals surface area contributed by atoms with Crippen LogP contribution in [0.4, 0.5) is 0 Å². The zero-order chi connectivity index (χ0) is 14.6. The predicted octanol–water partition coefficient (Wildman–Crippen LogP) is 3.21. The standard InChI is InChI=1S/C14H23BrN2O2/c1-5-9(2)13-12(15)11(14(16)18)10(3)17(13)7-6-8-19-4/h9H,5-8H2,1-4H3,(H2,16,18). The van der Waals surface area contributed by atoms with Crippen LogP contribution in [0.15, 0.2) is 4.47 Å². The number of nitrogens with zero attached hydrogens (tertiary/aromatic N) is 1. The van der Waals surface area contributed by atoms with Crippen LogP contribution in [-0.4, -0.2) is 24.2 Å². The van der Waals surface area contributed by atoms with Crippen LogP contribution < -0.4 is 5.73 Å². The Kier molecular flexibility index (Phi) is 6.07. The fourth-order valence-electron chi connectivity index (χ4n) is 2.34. The maximum atomic E-state index is 11.6. The molecule has 1 amide bonds. The first-order valence-electron chi connectivity index (χ1n) is 6.62. The third kappa shape index (κ3) is 3.39. The van der Waals surface area contributed by atoms with Gasteiger partial charge in [-0.25, -0.2) is 0 Å². The summed E-state index contributed by atoms with van der Waals surface area (Å²) in [5, 5.41) is 0. The normalized spacial score (nSPS) is 12.7. The number of amides is 1. The Morgan fingerprint density at radius 3 is 2.63 bits per heavy atom. The van der Waals surface area contributed by atoms with Crippen LogP contribution in [0.5, 0.6) is 0 Å². The summed E-state index contributed by atoms with van der Waals surface area (Å²) in [5.41, 5.74) is 8.18. The smallest absolute Gasteiger partial charge is 0.251 e. The number of methoxy groups -OCH3 is 1. The number of hydrogen-bond donors (Lipinski definition) is 1. The summed E-state index contributed by atoms with van der Waals surface area (Å²) >= 11 is 3.55. The van der Waals surface area contributed by atoms with E-state index in [1.54, 1.807) is 7.11 Å². The van der Waals surface area contributed by atoms with Crippen molar-refractivity contribution in [3.05, 3.63) is 21.4 Å². The lowest BCUT2D eigenvalue weighted by Crippen LogP contribution is -2.13. The minimum absolute atomic E-state index is 0.376. The van der Waals surface area contributed by atoms with Gasteiger partial charge >= 0.3 is 0 Å². The van der Waals surface area contributed by atoms with Crippen molar-refractivity contribution in [3.63, 3.8) is 0 Å². The molecule has 0 spiro atoms. The number of carbonyl (C=O) groups is 1. The van der Waals surface area contributed by atoms with Gasteiger partial charge in [0.25, 0.3) is 5.91 Å². The Morgan fingerprint density at radius 1 is 1.53 bits per heavy atom. The summed E-state index contributed by atoms with van der Waals surface area (Å²) in [7, 11) is 1.70. The topological polar surface area (TPSA) is 57.2 Å². The average Bonchev–Trinajstić information content (AvgIpc) is 2.60. The van der Waals surface area contributed by atoms with E-state index in [1.165, 1.54) is 0 Å². The monoisotopic (exact) mass is 330 g/mol. The van der Waals surface area contributed by atoms with Crippen molar-refractivity contribution in [2.45, 2.75) is 46.1 Å². The van der Waals surface area contributed by atoms with Crippen LogP contribution >= 0.6 is 15.9 Å². The fraction of sp³-hybridized carbons (Fsp3) is 0.643. The first-order valence-corrected chi connectivity index (χ1v) is 7.42. The van der Waals surface area contributed by atoms with Gasteiger partial charge in [-0.05, 0) is 41.6 Å². The van der Waals surface area contributed by atoms with Gasteiger partial charge in [0, 0.05) is 31.6 Å². The maximum absolute atomic E-state index is 11.6. The summed E-state index contributed by atoms with van der Waals surface area (Å²) in [6.45, 7) is 7.80. The Balaban J connectivity index is 3.24. The highest BCUT2D eigenvalue weighted by atomic mass is 79.9. The molecule has 4 nitrogen and oxygen atoms in total. The summed E-state index contributed by atoms with van der Waals surface area (Å²) in [4.78, 5) is 11.6. The number of primary amides is 1. The molecule has 0 fully saturated rings. The number of ether oxygens (including phenoxy) is 1. The van der Waals surface area contributed by atoms with Crippen LogP contribution in [0.3, 0.4) is 0 Å². The minimum atomic E-state index is -0.376. The van der Waals surface area contributed by atoms with Crippen molar-refractivity contribution in [2.75, 3.05) is 13.7 Å². The van der Waals surface area contributed by atoms with Crippen molar-refractivity contribution in [2.24, 2.45) is 5.73 Å². The molecule has 0 aliphatic heterocycles. The number of halogens is 1. The molecule has 0 bridgehead atoms. The second kappa shape index (κ2) is 7.10. The third-order valence-corrected chi connectivity index (χ3v) is 4.36. The van der Waals surface area contributed by atoms with Crippen molar-refractivity contribution >= 4 is 21.8 Å². The Bertz CT molecular complexity index is 455. The van der Waals surface area contributed by atoms with Crippen molar-refractivity contribution in [1.82, 2.24) is 4.57 Å². The molecule has 0 aliphatic rings. The molecule has 0 aliphatic carbocycles. The maximum Gasteiger partial charge on any atom is 0.251 e. The molecule has 19 heavy (non-hydrogen) atoms. The molecule has 1 atom stereocenters. The van der Waals surface area contributed by atoms with Gasteiger partial charge in [-0.3, -0.25) is 4.79 Å². The molecule has 0 saturated heterocycles. The Hall–Kier alpha value is -0.810. The van der Waals surface area contributed by atoms with E-state index in [4.69, 9.17) is 10.5 Å². The van der Waals surface area contributed by atoms with E-state index in [9.17, 15) is 4.79 Å². The van der Waals surface area contributed by atoms with Gasteiger partial charge in [0.05, 0.1) is 10.0 Å².